The van der Waals surface area contributed by atoms with Gasteiger partial charge in [0.25, 0.3) is 0 Å². The highest BCUT2D eigenvalue weighted by Gasteiger charge is 2.07. The van der Waals surface area contributed by atoms with Crippen LogP contribution >= 0.6 is 11.6 Å². The molecular weight excluding hydrogens is 291 g/mol. The van der Waals surface area contributed by atoms with E-state index in [1.165, 1.54) is 12.1 Å². The van der Waals surface area contributed by atoms with Gasteiger partial charge in [-0.15, -0.1) is 0 Å². The molecule has 0 atom stereocenters. The minimum absolute atomic E-state index is 0.297. The summed E-state index contributed by atoms with van der Waals surface area (Å²) in [4.78, 5) is 0. The molecule has 0 amide bonds. The summed E-state index contributed by atoms with van der Waals surface area (Å²) in [5, 5.41) is 12.6. The van der Waals surface area contributed by atoms with Crippen molar-refractivity contribution < 1.29 is 9.13 Å². The van der Waals surface area contributed by atoms with Crippen molar-refractivity contribution in [3.8, 4) is 11.8 Å². The van der Waals surface area contributed by atoms with Gasteiger partial charge < -0.3 is 10.1 Å². The third-order valence-electron chi connectivity index (χ3n) is 3.05. The molecule has 5 heteroatoms. The van der Waals surface area contributed by atoms with Crippen LogP contribution in [0.5, 0.6) is 5.75 Å². The lowest BCUT2D eigenvalue weighted by atomic mass is 10.1. The summed E-state index contributed by atoms with van der Waals surface area (Å²) in [7, 11) is 1.56. The van der Waals surface area contributed by atoms with Crippen LogP contribution in [0.25, 0.3) is 0 Å². The first-order valence-corrected chi connectivity index (χ1v) is 6.69. The number of hydrogen-bond acceptors (Lipinski definition) is 3. The third-order valence-corrected chi connectivity index (χ3v) is 3.46. The summed E-state index contributed by atoms with van der Waals surface area (Å²) in [6, 6.07) is 9.77. The average molecular weight is 305 g/mol. The first-order chi connectivity index (χ1) is 10.0. The van der Waals surface area contributed by atoms with E-state index in [0.717, 1.165) is 11.3 Å². The Morgan fingerprint density at radius 3 is 2.71 bits per heavy atom. The topological polar surface area (TPSA) is 45.0 Å². The fourth-order valence-corrected chi connectivity index (χ4v) is 2.14. The number of halogens is 2. The molecule has 0 radical (unpaired) electrons. The van der Waals surface area contributed by atoms with Crippen LogP contribution in [0.15, 0.2) is 30.3 Å². The van der Waals surface area contributed by atoms with Crippen LogP contribution in [0.1, 0.15) is 16.7 Å². The zero-order valence-electron chi connectivity index (χ0n) is 11.7. The van der Waals surface area contributed by atoms with Gasteiger partial charge in [0.05, 0.1) is 24.4 Å². The molecule has 0 saturated carbocycles. The molecule has 3 nitrogen and oxygen atoms in total. The lowest BCUT2D eigenvalue weighted by molar-refractivity contribution is 0.416. The van der Waals surface area contributed by atoms with Crippen molar-refractivity contribution in [3.63, 3.8) is 0 Å². The zero-order valence-corrected chi connectivity index (χ0v) is 12.5. The highest BCUT2D eigenvalue weighted by atomic mass is 35.5. The number of aryl methyl sites for hydroxylation is 1. The molecule has 0 spiro atoms. The molecule has 2 aromatic rings. The Hall–Kier alpha value is -2.25. The van der Waals surface area contributed by atoms with E-state index in [1.807, 2.05) is 19.1 Å². The minimum atomic E-state index is -0.426. The SMILES string of the molecule is COc1cc(Cl)c(C)cc1NCc1cc(F)cc(C#N)c1. The fourth-order valence-electron chi connectivity index (χ4n) is 1.98. The van der Waals surface area contributed by atoms with E-state index < -0.39 is 5.82 Å². The molecule has 0 unspecified atom stereocenters. The Bertz CT molecular complexity index is 710. The van der Waals surface area contributed by atoms with Gasteiger partial charge in [0.1, 0.15) is 11.6 Å². The summed E-state index contributed by atoms with van der Waals surface area (Å²) >= 11 is 6.05. The maximum absolute atomic E-state index is 13.4. The minimum Gasteiger partial charge on any atom is -0.495 e. The third kappa shape index (κ3) is 3.65. The fraction of sp³-hybridized carbons (Fsp3) is 0.188. The van der Waals surface area contributed by atoms with E-state index in [1.54, 1.807) is 19.2 Å². The van der Waals surface area contributed by atoms with Gasteiger partial charge in [-0.2, -0.15) is 5.26 Å². The van der Waals surface area contributed by atoms with Gasteiger partial charge in [-0.25, -0.2) is 4.39 Å². The second kappa shape index (κ2) is 6.47. The van der Waals surface area contributed by atoms with Crippen LogP contribution in [0.3, 0.4) is 0 Å². The first-order valence-electron chi connectivity index (χ1n) is 6.31. The Kier molecular flexibility index (Phi) is 4.66. The molecule has 0 aliphatic carbocycles. The van der Waals surface area contributed by atoms with Crippen molar-refractivity contribution in [1.29, 1.82) is 5.26 Å². The monoisotopic (exact) mass is 304 g/mol. The number of hydrogen-bond donors (Lipinski definition) is 1. The molecule has 0 saturated heterocycles. The van der Waals surface area contributed by atoms with Crippen LogP contribution < -0.4 is 10.1 Å². The van der Waals surface area contributed by atoms with Crippen molar-refractivity contribution in [2.24, 2.45) is 0 Å². The number of methoxy groups -OCH3 is 1. The number of ether oxygens (including phenoxy) is 1. The molecule has 0 heterocycles. The van der Waals surface area contributed by atoms with Crippen molar-refractivity contribution in [2.45, 2.75) is 13.5 Å². The standard InChI is InChI=1S/C16H14ClFN2O/c1-10-3-15(16(21-2)7-14(10)17)20-9-12-4-11(8-19)5-13(18)6-12/h3-7,20H,9H2,1-2H3. The van der Waals surface area contributed by atoms with Gasteiger partial charge in [0.2, 0.25) is 0 Å². The van der Waals surface area contributed by atoms with E-state index >= 15 is 0 Å². The number of benzene rings is 2. The Labute approximate surface area is 127 Å². The van der Waals surface area contributed by atoms with E-state index in [4.69, 9.17) is 21.6 Å². The highest BCUT2D eigenvalue weighted by Crippen LogP contribution is 2.31. The van der Waals surface area contributed by atoms with Gasteiger partial charge in [-0.1, -0.05) is 11.6 Å². The summed E-state index contributed by atoms with van der Waals surface area (Å²) in [6.07, 6.45) is 0. The maximum atomic E-state index is 13.4. The van der Waals surface area contributed by atoms with Crippen LogP contribution in [-0.2, 0) is 6.54 Å². The molecule has 2 rings (SSSR count). The summed E-state index contributed by atoms with van der Waals surface area (Å²) in [6.45, 7) is 2.27. The van der Waals surface area contributed by atoms with Crippen molar-refractivity contribution >= 4 is 17.3 Å². The molecule has 21 heavy (non-hydrogen) atoms. The lowest BCUT2D eigenvalue weighted by Gasteiger charge is -2.13. The molecule has 0 fully saturated rings. The summed E-state index contributed by atoms with van der Waals surface area (Å²) in [5.74, 6) is 0.188. The van der Waals surface area contributed by atoms with E-state index in [2.05, 4.69) is 5.32 Å². The highest BCUT2D eigenvalue weighted by molar-refractivity contribution is 6.31. The van der Waals surface area contributed by atoms with Crippen LogP contribution in [0.2, 0.25) is 5.02 Å². The molecule has 108 valence electrons. The van der Waals surface area contributed by atoms with Crippen molar-refractivity contribution in [2.75, 3.05) is 12.4 Å². The maximum Gasteiger partial charge on any atom is 0.143 e. The smallest absolute Gasteiger partial charge is 0.143 e. The number of nitrogens with one attached hydrogen (secondary N) is 1. The van der Waals surface area contributed by atoms with Gasteiger partial charge in [0, 0.05) is 17.6 Å². The normalized spacial score (nSPS) is 10.0. The predicted octanol–water partition coefficient (Wildman–Crippen LogP) is 4.28. The number of rotatable bonds is 4. The van der Waals surface area contributed by atoms with E-state index in [9.17, 15) is 4.39 Å². The Morgan fingerprint density at radius 2 is 2.05 bits per heavy atom. The molecule has 2 aromatic carbocycles. The first kappa shape index (κ1) is 15.1. The van der Waals surface area contributed by atoms with E-state index in [0.29, 0.717) is 28.4 Å². The summed E-state index contributed by atoms with van der Waals surface area (Å²) < 4.78 is 18.6. The Morgan fingerprint density at radius 1 is 1.29 bits per heavy atom. The molecule has 0 aliphatic rings. The largest absolute Gasteiger partial charge is 0.495 e. The molecule has 1 N–H and O–H groups in total. The molecule has 0 aliphatic heterocycles. The zero-order chi connectivity index (χ0) is 15.4. The molecular formula is C16H14ClFN2O. The average Bonchev–Trinajstić information content (AvgIpc) is 2.47. The number of nitriles is 1. The van der Waals surface area contributed by atoms with Gasteiger partial charge >= 0.3 is 0 Å². The lowest BCUT2D eigenvalue weighted by Crippen LogP contribution is -2.03. The molecule has 0 aromatic heterocycles. The van der Waals surface area contributed by atoms with Gasteiger partial charge in [-0.05, 0) is 42.3 Å². The second-order valence-corrected chi connectivity index (χ2v) is 5.02. The predicted molar refractivity (Wildman–Crippen MR) is 81.2 cm³/mol. The van der Waals surface area contributed by atoms with E-state index in [-0.39, 0.29) is 0 Å². The van der Waals surface area contributed by atoms with Gasteiger partial charge in [0.15, 0.2) is 0 Å². The van der Waals surface area contributed by atoms with Crippen LogP contribution in [0.4, 0.5) is 10.1 Å². The number of nitrogens with zero attached hydrogens (tertiary/aromatic N) is 1. The van der Waals surface area contributed by atoms with Gasteiger partial charge in [-0.3, -0.25) is 0 Å². The van der Waals surface area contributed by atoms with Crippen LogP contribution in [-0.4, -0.2) is 7.11 Å². The van der Waals surface area contributed by atoms with Crippen molar-refractivity contribution in [1.82, 2.24) is 0 Å². The quantitative estimate of drug-likeness (QED) is 0.917. The summed E-state index contributed by atoms with van der Waals surface area (Å²) in [5.41, 5.74) is 2.66. The van der Waals surface area contributed by atoms with Crippen LogP contribution in [0, 0.1) is 24.1 Å². The Balaban J connectivity index is 2.22. The second-order valence-electron chi connectivity index (χ2n) is 4.62. The van der Waals surface area contributed by atoms with Crippen molar-refractivity contribution in [3.05, 3.63) is 57.9 Å². The number of anilines is 1. The molecule has 0 bridgehead atoms.